The summed E-state index contributed by atoms with van der Waals surface area (Å²) < 4.78 is 10.8. The number of carbonyl (C=O) groups is 1. The average molecular weight is 399 g/mol. The number of methoxy groups -OCH3 is 1. The summed E-state index contributed by atoms with van der Waals surface area (Å²) >= 11 is 0. The normalized spacial score (nSPS) is 11.0. The summed E-state index contributed by atoms with van der Waals surface area (Å²) in [5.41, 5.74) is 1.80. The Kier molecular flexibility index (Phi) is 8.82. The van der Waals surface area contributed by atoms with E-state index in [1.807, 2.05) is 48.5 Å². The molecule has 0 spiro atoms. The molecule has 0 radical (unpaired) electrons. The zero-order chi connectivity index (χ0) is 21.1. The van der Waals surface area contributed by atoms with Gasteiger partial charge in [0, 0.05) is 33.3 Å². The van der Waals surface area contributed by atoms with Crippen LogP contribution in [-0.2, 0) is 6.42 Å². The number of amides is 1. The summed E-state index contributed by atoms with van der Waals surface area (Å²) in [4.78, 5) is 17.9. The molecule has 0 aliphatic carbocycles. The average Bonchev–Trinajstić information content (AvgIpc) is 2.75. The Morgan fingerprint density at radius 3 is 2.38 bits per heavy atom. The smallest absolute Gasteiger partial charge is 0.253 e. The third kappa shape index (κ3) is 7.37. The fourth-order valence-corrected chi connectivity index (χ4v) is 2.67. The maximum absolute atomic E-state index is 12.1. The van der Waals surface area contributed by atoms with Crippen LogP contribution in [0.3, 0.4) is 0 Å². The molecule has 0 aromatic heterocycles. The van der Waals surface area contributed by atoms with Gasteiger partial charge < -0.3 is 25.0 Å². The number of nitrogens with one attached hydrogen (secondary N) is 2. The summed E-state index contributed by atoms with van der Waals surface area (Å²) in [6, 6.07) is 15.2. The first kappa shape index (κ1) is 22.1. The number of nitrogens with zero attached hydrogens (tertiary/aromatic N) is 2. The molecule has 1 amide bonds. The molecule has 156 valence electrons. The van der Waals surface area contributed by atoms with Gasteiger partial charge in [0.2, 0.25) is 0 Å². The number of rotatable bonds is 9. The van der Waals surface area contributed by atoms with Gasteiger partial charge in [0.15, 0.2) is 5.96 Å². The zero-order valence-electron chi connectivity index (χ0n) is 17.6. The molecule has 2 aromatic rings. The van der Waals surface area contributed by atoms with E-state index in [9.17, 15) is 4.79 Å². The van der Waals surface area contributed by atoms with Gasteiger partial charge in [-0.3, -0.25) is 9.79 Å². The SMILES string of the molecule is CN=C(NCCOc1ccc(OC)cc1)NCCc1cccc(C(=O)N(C)C)c1. The Labute approximate surface area is 172 Å². The van der Waals surface area contributed by atoms with E-state index in [1.54, 1.807) is 33.2 Å². The van der Waals surface area contributed by atoms with Gasteiger partial charge in [0.05, 0.1) is 13.7 Å². The van der Waals surface area contributed by atoms with Gasteiger partial charge in [-0.2, -0.15) is 0 Å². The quantitative estimate of drug-likeness (QED) is 0.385. The molecule has 7 heteroatoms. The van der Waals surface area contributed by atoms with E-state index in [0.29, 0.717) is 31.2 Å². The van der Waals surface area contributed by atoms with Crippen LogP contribution in [0.15, 0.2) is 53.5 Å². The van der Waals surface area contributed by atoms with Crippen molar-refractivity contribution in [1.29, 1.82) is 0 Å². The lowest BCUT2D eigenvalue weighted by Crippen LogP contribution is -2.40. The Morgan fingerprint density at radius 2 is 1.72 bits per heavy atom. The minimum atomic E-state index is 0.00847. The number of carbonyl (C=O) groups excluding carboxylic acids is 1. The van der Waals surface area contributed by atoms with Gasteiger partial charge in [0.1, 0.15) is 18.1 Å². The molecule has 2 aromatic carbocycles. The molecule has 2 N–H and O–H groups in total. The lowest BCUT2D eigenvalue weighted by molar-refractivity contribution is 0.0827. The Bertz CT molecular complexity index is 804. The second-order valence-corrected chi connectivity index (χ2v) is 6.60. The molecule has 0 bridgehead atoms. The number of ether oxygens (including phenoxy) is 2. The van der Waals surface area contributed by atoms with E-state index in [1.165, 1.54) is 0 Å². The van der Waals surface area contributed by atoms with Crippen LogP contribution in [0.4, 0.5) is 0 Å². The van der Waals surface area contributed by atoms with Crippen LogP contribution in [0.2, 0.25) is 0 Å². The van der Waals surface area contributed by atoms with Gasteiger partial charge in [0.25, 0.3) is 5.91 Å². The third-order valence-electron chi connectivity index (χ3n) is 4.23. The molecule has 0 aliphatic heterocycles. The van der Waals surface area contributed by atoms with E-state index < -0.39 is 0 Å². The predicted octanol–water partition coefficient (Wildman–Crippen LogP) is 2.18. The fraction of sp³-hybridized carbons (Fsp3) is 0.364. The van der Waals surface area contributed by atoms with E-state index >= 15 is 0 Å². The van der Waals surface area contributed by atoms with Gasteiger partial charge >= 0.3 is 0 Å². The van der Waals surface area contributed by atoms with Crippen LogP contribution >= 0.6 is 0 Å². The van der Waals surface area contributed by atoms with Crippen LogP contribution in [0, 0.1) is 0 Å². The van der Waals surface area contributed by atoms with E-state index in [-0.39, 0.29) is 5.91 Å². The number of hydrogen-bond donors (Lipinski definition) is 2. The molecular formula is C22H30N4O3. The van der Waals surface area contributed by atoms with Crippen LogP contribution in [0.5, 0.6) is 11.5 Å². The molecule has 0 atom stereocenters. The van der Waals surface area contributed by atoms with Gasteiger partial charge in [-0.1, -0.05) is 12.1 Å². The first-order valence-electron chi connectivity index (χ1n) is 9.55. The van der Waals surface area contributed by atoms with Gasteiger partial charge in [-0.15, -0.1) is 0 Å². The Balaban J connectivity index is 1.71. The maximum Gasteiger partial charge on any atom is 0.253 e. The van der Waals surface area contributed by atoms with Crippen molar-refractivity contribution in [3.05, 3.63) is 59.7 Å². The van der Waals surface area contributed by atoms with Crippen LogP contribution in [0.1, 0.15) is 15.9 Å². The highest BCUT2D eigenvalue weighted by Crippen LogP contribution is 2.16. The minimum absolute atomic E-state index is 0.00847. The number of benzene rings is 2. The van der Waals surface area contributed by atoms with E-state index in [4.69, 9.17) is 9.47 Å². The van der Waals surface area contributed by atoms with Crippen molar-refractivity contribution < 1.29 is 14.3 Å². The molecular weight excluding hydrogens is 368 g/mol. The maximum atomic E-state index is 12.1. The molecule has 0 saturated heterocycles. The van der Waals surface area contributed by atoms with E-state index in [0.717, 1.165) is 23.5 Å². The minimum Gasteiger partial charge on any atom is -0.497 e. The first-order chi connectivity index (χ1) is 14.0. The van der Waals surface area contributed by atoms with Gasteiger partial charge in [-0.05, 0) is 48.4 Å². The van der Waals surface area contributed by atoms with Gasteiger partial charge in [-0.25, -0.2) is 0 Å². The summed E-state index contributed by atoms with van der Waals surface area (Å²) in [6.45, 7) is 1.85. The second kappa shape index (κ2) is 11.6. The lowest BCUT2D eigenvalue weighted by atomic mass is 10.1. The number of guanidine groups is 1. The van der Waals surface area contributed by atoms with Crippen molar-refractivity contribution in [3.63, 3.8) is 0 Å². The molecule has 0 aliphatic rings. The largest absolute Gasteiger partial charge is 0.497 e. The highest BCUT2D eigenvalue weighted by atomic mass is 16.5. The highest BCUT2D eigenvalue weighted by molar-refractivity contribution is 5.94. The molecule has 7 nitrogen and oxygen atoms in total. The summed E-state index contributed by atoms with van der Waals surface area (Å²) in [5.74, 6) is 2.32. The lowest BCUT2D eigenvalue weighted by Gasteiger charge is -2.13. The molecule has 0 fully saturated rings. The van der Waals surface area contributed by atoms with Crippen LogP contribution in [-0.4, -0.2) is 64.7 Å². The number of hydrogen-bond acceptors (Lipinski definition) is 4. The first-order valence-corrected chi connectivity index (χ1v) is 9.55. The molecule has 0 unspecified atom stereocenters. The second-order valence-electron chi connectivity index (χ2n) is 6.60. The molecule has 2 rings (SSSR count). The molecule has 0 saturated carbocycles. The number of aliphatic imine (C=N–C) groups is 1. The topological polar surface area (TPSA) is 75.2 Å². The van der Waals surface area contributed by atoms with Crippen molar-refractivity contribution in [2.24, 2.45) is 4.99 Å². The Morgan fingerprint density at radius 1 is 1.03 bits per heavy atom. The Hall–Kier alpha value is -3.22. The van der Waals surface area contributed by atoms with Crippen molar-refractivity contribution in [2.45, 2.75) is 6.42 Å². The fourth-order valence-electron chi connectivity index (χ4n) is 2.67. The van der Waals surface area contributed by atoms with Crippen LogP contribution in [0.25, 0.3) is 0 Å². The third-order valence-corrected chi connectivity index (χ3v) is 4.23. The highest BCUT2D eigenvalue weighted by Gasteiger charge is 2.08. The van der Waals surface area contributed by atoms with Crippen molar-refractivity contribution >= 4 is 11.9 Å². The molecule has 29 heavy (non-hydrogen) atoms. The standard InChI is InChI=1S/C22H30N4O3/c1-23-22(25-14-15-29-20-10-8-19(28-4)9-11-20)24-13-12-17-6-5-7-18(16-17)21(27)26(2)3/h5-11,16H,12-15H2,1-4H3,(H2,23,24,25). The summed E-state index contributed by atoms with van der Waals surface area (Å²) in [6.07, 6.45) is 0.789. The van der Waals surface area contributed by atoms with Crippen molar-refractivity contribution in [2.75, 3.05) is 47.9 Å². The predicted molar refractivity (Wildman–Crippen MR) is 116 cm³/mol. The van der Waals surface area contributed by atoms with Crippen LogP contribution < -0.4 is 20.1 Å². The summed E-state index contributed by atoms with van der Waals surface area (Å²) in [7, 11) is 6.88. The van der Waals surface area contributed by atoms with E-state index in [2.05, 4.69) is 15.6 Å². The van der Waals surface area contributed by atoms with Crippen molar-refractivity contribution in [1.82, 2.24) is 15.5 Å². The zero-order valence-corrected chi connectivity index (χ0v) is 17.6. The molecule has 0 heterocycles. The monoisotopic (exact) mass is 398 g/mol. The summed E-state index contributed by atoms with van der Waals surface area (Å²) in [5, 5.41) is 6.50. The van der Waals surface area contributed by atoms with Crippen molar-refractivity contribution in [3.8, 4) is 11.5 Å².